The van der Waals surface area contributed by atoms with Gasteiger partial charge in [-0.05, 0) is 43.4 Å². The summed E-state index contributed by atoms with van der Waals surface area (Å²) in [6, 6.07) is 0. The van der Waals surface area contributed by atoms with Crippen LogP contribution in [0.25, 0.3) is 0 Å². The summed E-state index contributed by atoms with van der Waals surface area (Å²) in [5.41, 5.74) is 0. The van der Waals surface area contributed by atoms with Crippen LogP contribution in [0.4, 0.5) is 0 Å². The van der Waals surface area contributed by atoms with Crippen LogP contribution in [-0.4, -0.2) is 96.7 Å². The Hall–Kier alpha value is -1.94. The van der Waals surface area contributed by atoms with Crippen LogP contribution in [0, 0.1) is 17.8 Å². The fourth-order valence-corrected chi connectivity index (χ4v) is 11.7. The minimum atomic E-state index is -4.95. The molecule has 0 radical (unpaired) electrons. The lowest BCUT2D eigenvalue weighted by Gasteiger charge is -2.21. The molecule has 87 heavy (non-hydrogen) atoms. The highest BCUT2D eigenvalue weighted by Gasteiger charge is 2.30. The van der Waals surface area contributed by atoms with Gasteiger partial charge in [-0.15, -0.1) is 0 Å². The molecule has 0 saturated heterocycles. The lowest BCUT2D eigenvalue weighted by atomic mass is 9.99. The third-order valence-corrected chi connectivity index (χ3v) is 17.9. The van der Waals surface area contributed by atoms with Crippen LogP contribution >= 0.6 is 15.6 Å². The SMILES string of the molecule is CCCCCCCCCCCCCCCCC(=O)O[C@H](COC(=O)CCCCCCCCCCC(C)CC)COP(=O)(O)OC[C@@H](O)COP(=O)(O)OC[C@@H](COC(=O)CCCCCCCCCC(C)C)OC(=O)CCCCCCCCCCC(C)C. The number of hydrogen-bond donors (Lipinski definition) is 3. The zero-order valence-corrected chi connectivity index (χ0v) is 58.3. The summed E-state index contributed by atoms with van der Waals surface area (Å²) in [5, 5.41) is 10.6. The number of carbonyl (C=O) groups excluding carboxylic acids is 4. The largest absolute Gasteiger partial charge is 0.472 e. The molecule has 19 heteroatoms. The number of unbranched alkanes of at least 4 members (excludes halogenated alkanes) is 33. The number of rotatable bonds is 66. The van der Waals surface area contributed by atoms with Gasteiger partial charge in [0.2, 0.25) is 0 Å². The van der Waals surface area contributed by atoms with E-state index in [-0.39, 0.29) is 25.7 Å². The van der Waals surface area contributed by atoms with Gasteiger partial charge in [0.1, 0.15) is 19.3 Å². The van der Waals surface area contributed by atoms with E-state index in [0.29, 0.717) is 31.6 Å². The molecular formula is C68H132O17P2. The van der Waals surface area contributed by atoms with Gasteiger partial charge < -0.3 is 33.8 Å². The summed E-state index contributed by atoms with van der Waals surface area (Å²) in [4.78, 5) is 72.4. The first-order chi connectivity index (χ1) is 41.8. The fourth-order valence-electron chi connectivity index (χ4n) is 10.2. The first-order valence-electron chi connectivity index (χ1n) is 35.4. The predicted molar refractivity (Wildman–Crippen MR) is 349 cm³/mol. The Morgan fingerprint density at radius 1 is 0.333 bits per heavy atom. The van der Waals surface area contributed by atoms with E-state index in [9.17, 15) is 43.2 Å². The average molecular weight is 1280 g/mol. The number of esters is 4. The monoisotopic (exact) mass is 1280 g/mol. The van der Waals surface area contributed by atoms with Gasteiger partial charge in [-0.2, -0.15) is 0 Å². The molecule has 3 N–H and O–H groups in total. The molecule has 516 valence electrons. The highest BCUT2D eigenvalue weighted by atomic mass is 31.2. The molecule has 0 aromatic heterocycles. The van der Waals surface area contributed by atoms with Crippen molar-refractivity contribution in [3.05, 3.63) is 0 Å². The minimum Gasteiger partial charge on any atom is -0.462 e. The highest BCUT2D eigenvalue weighted by molar-refractivity contribution is 7.47. The number of aliphatic hydroxyl groups is 1. The van der Waals surface area contributed by atoms with Gasteiger partial charge in [-0.3, -0.25) is 37.3 Å². The van der Waals surface area contributed by atoms with Crippen LogP contribution < -0.4 is 0 Å². The maximum absolute atomic E-state index is 13.0. The first kappa shape index (κ1) is 85.1. The van der Waals surface area contributed by atoms with Gasteiger partial charge in [-0.25, -0.2) is 9.13 Å². The second kappa shape index (κ2) is 59.1. The lowest BCUT2D eigenvalue weighted by Crippen LogP contribution is -2.30. The van der Waals surface area contributed by atoms with Crippen LogP contribution in [0.15, 0.2) is 0 Å². The number of phosphoric acid groups is 2. The fraction of sp³-hybridized carbons (Fsp3) is 0.941. The molecule has 0 bridgehead atoms. The van der Waals surface area contributed by atoms with E-state index in [2.05, 4.69) is 48.5 Å². The van der Waals surface area contributed by atoms with Gasteiger partial charge in [0.05, 0.1) is 26.4 Å². The highest BCUT2D eigenvalue weighted by Crippen LogP contribution is 2.45. The number of ether oxygens (including phenoxy) is 4. The molecule has 0 heterocycles. The molecule has 17 nitrogen and oxygen atoms in total. The molecule has 0 fully saturated rings. The van der Waals surface area contributed by atoms with Gasteiger partial charge in [0.15, 0.2) is 12.2 Å². The van der Waals surface area contributed by atoms with Crippen molar-refractivity contribution >= 4 is 39.5 Å². The Morgan fingerprint density at radius 2 is 0.586 bits per heavy atom. The van der Waals surface area contributed by atoms with Crippen molar-refractivity contribution in [1.29, 1.82) is 0 Å². The van der Waals surface area contributed by atoms with E-state index in [1.807, 2.05) is 0 Å². The third kappa shape index (κ3) is 61.3. The molecule has 0 aliphatic rings. The first-order valence-corrected chi connectivity index (χ1v) is 38.4. The second-order valence-electron chi connectivity index (χ2n) is 25.8. The van der Waals surface area contributed by atoms with E-state index in [1.165, 1.54) is 141 Å². The quantitative estimate of drug-likeness (QED) is 0.0222. The molecule has 0 amide bonds. The predicted octanol–water partition coefficient (Wildman–Crippen LogP) is 19.1. The van der Waals surface area contributed by atoms with Gasteiger partial charge in [-0.1, -0.05) is 286 Å². The molecule has 0 aliphatic heterocycles. The molecule has 6 atom stereocenters. The standard InChI is InChI=1S/C68H132O17P2/c1-8-10-11-12-13-14-15-16-17-18-19-29-37-44-51-67(72)84-63(55-78-65(70)49-42-35-28-23-21-27-34-41-48-61(7)9-2)57-82-86(74,75)80-53-62(69)54-81-87(76,77)83-58-64(56-79-66(71)50-43-36-31-24-26-33-40-47-60(5)6)85-68(73)52-45-38-30-22-20-25-32-39-46-59(3)4/h59-64,69H,8-58H2,1-7H3,(H,74,75)(H,76,77)/t61?,62-,63-,64-/m1/s1. The van der Waals surface area contributed by atoms with Crippen molar-refractivity contribution in [3.63, 3.8) is 0 Å². The molecule has 0 rings (SSSR count). The summed E-state index contributed by atoms with van der Waals surface area (Å²) < 4.78 is 68.2. The summed E-state index contributed by atoms with van der Waals surface area (Å²) in [5.74, 6) is 0.0701. The van der Waals surface area contributed by atoms with Gasteiger partial charge >= 0.3 is 39.5 Å². The van der Waals surface area contributed by atoms with Crippen LogP contribution in [0.3, 0.4) is 0 Å². The van der Waals surface area contributed by atoms with Crippen LogP contribution in [0.5, 0.6) is 0 Å². The third-order valence-electron chi connectivity index (χ3n) is 16.0. The number of aliphatic hydroxyl groups excluding tert-OH is 1. The van der Waals surface area contributed by atoms with Gasteiger partial charge in [0.25, 0.3) is 0 Å². The van der Waals surface area contributed by atoms with Crippen molar-refractivity contribution in [2.24, 2.45) is 17.8 Å². The van der Waals surface area contributed by atoms with Gasteiger partial charge in [0, 0.05) is 25.7 Å². The summed E-state index contributed by atoms with van der Waals surface area (Å²) in [7, 11) is -9.90. The van der Waals surface area contributed by atoms with Crippen LogP contribution in [-0.2, 0) is 65.4 Å². The van der Waals surface area contributed by atoms with Crippen molar-refractivity contribution in [2.75, 3.05) is 39.6 Å². The molecule has 3 unspecified atom stereocenters. The smallest absolute Gasteiger partial charge is 0.462 e. The second-order valence-corrected chi connectivity index (χ2v) is 28.7. The molecule has 0 aromatic carbocycles. The molecule has 0 aliphatic carbocycles. The summed E-state index contributed by atoms with van der Waals surface area (Å²) >= 11 is 0. The topological polar surface area (TPSA) is 237 Å². The zero-order valence-electron chi connectivity index (χ0n) is 56.5. The Kier molecular flexibility index (Phi) is 57.8. The molecule has 0 aromatic rings. The van der Waals surface area contributed by atoms with E-state index < -0.39 is 97.5 Å². The van der Waals surface area contributed by atoms with E-state index >= 15 is 0 Å². The molecule has 0 spiro atoms. The Balaban J connectivity index is 5.26. The zero-order chi connectivity index (χ0) is 64.5. The van der Waals surface area contributed by atoms with Crippen molar-refractivity contribution < 1.29 is 80.2 Å². The normalized spacial score (nSPS) is 14.6. The van der Waals surface area contributed by atoms with Crippen molar-refractivity contribution in [1.82, 2.24) is 0 Å². The number of carbonyl (C=O) groups is 4. The van der Waals surface area contributed by atoms with E-state index in [4.69, 9.17) is 37.0 Å². The Bertz CT molecular complexity index is 1720. The maximum atomic E-state index is 13.0. The number of hydrogen-bond acceptors (Lipinski definition) is 15. The average Bonchev–Trinajstić information content (AvgIpc) is 3.67. The van der Waals surface area contributed by atoms with Crippen molar-refractivity contribution in [2.45, 2.75) is 356 Å². The summed E-state index contributed by atoms with van der Waals surface area (Å²) in [6.07, 6.45) is 41.7. The van der Waals surface area contributed by atoms with Crippen LogP contribution in [0.1, 0.15) is 337 Å². The molecular weight excluding hydrogens is 1150 g/mol. The lowest BCUT2D eigenvalue weighted by molar-refractivity contribution is -0.161. The summed E-state index contributed by atoms with van der Waals surface area (Å²) in [6.45, 7) is 11.7. The molecule has 0 saturated carbocycles. The maximum Gasteiger partial charge on any atom is 0.472 e. The Morgan fingerprint density at radius 3 is 0.874 bits per heavy atom. The van der Waals surface area contributed by atoms with E-state index in [0.717, 1.165) is 108 Å². The Labute approximate surface area is 530 Å². The number of phosphoric ester groups is 2. The van der Waals surface area contributed by atoms with Crippen molar-refractivity contribution in [3.8, 4) is 0 Å². The van der Waals surface area contributed by atoms with E-state index in [1.54, 1.807) is 0 Å². The van der Waals surface area contributed by atoms with Crippen LogP contribution in [0.2, 0.25) is 0 Å². The minimum absolute atomic E-state index is 0.103.